The summed E-state index contributed by atoms with van der Waals surface area (Å²) in [5.41, 5.74) is -2.06. The molecular formula is C23H32ClF4NO2. The second kappa shape index (κ2) is 9.14. The minimum absolute atomic E-state index is 0.135. The first-order valence-electron chi connectivity index (χ1n) is 11.0. The van der Waals surface area contributed by atoms with Gasteiger partial charge >= 0.3 is 6.18 Å². The van der Waals surface area contributed by atoms with Gasteiger partial charge in [-0.1, -0.05) is 25.4 Å². The van der Waals surface area contributed by atoms with Gasteiger partial charge in [-0.25, -0.2) is 9.37 Å². The lowest BCUT2D eigenvalue weighted by molar-refractivity contribution is -0.273. The van der Waals surface area contributed by atoms with Gasteiger partial charge in [0.2, 0.25) is 0 Å². The standard InChI is InChI=1S/C23H32ClF4NO2/c1-21(2,17-11-15(25)8-9-19(17)31-3)13-22(30,23(26,27)28)12-14-10-20(24)29-18-7-5-4-6-16(14)18/h10,15,17,19,30H,4-9,11-13H2,1-3H3. The zero-order valence-electron chi connectivity index (χ0n) is 18.4. The fourth-order valence-corrected chi connectivity index (χ4v) is 5.80. The van der Waals surface area contributed by atoms with Crippen LogP contribution < -0.4 is 0 Å². The van der Waals surface area contributed by atoms with Crippen LogP contribution in [0.1, 0.15) is 69.2 Å². The van der Waals surface area contributed by atoms with Crippen molar-refractivity contribution in [3.63, 3.8) is 0 Å². The van der Waals surface area contributed by atoms with Crippen molar-refractivity contribution in [3.8, 4) is 0 Å². The lowest BCUT2D eigenvalue weighted by Gasteiger charge is -2.46. The molecule has 3 rings (SSSR count). The minimum Gasteiger partial charge on any atom is -0.381 e. The van der Waals surface area contributed by atoms with Crippen molar-refractivity contribution in [2.75, 3.05) is 7.11 Å². The van der Waals surface area contributed by atoms with Gasteiger partial charge < -0.3 is 9.84 Å². The number of aliphatic hydroxyl groups is 1. The van der Waals surface area contributed by atoms with Gasteiger partial charge in [0.05, 0.1) is 6.10 Å². The van der Waals surface area contributed by atoms with Crippen LogP contribution in [0.5, 0.6) is 0 Å². The SMILES string of the molecule is COC1CCC(F)CC1C(C)(C)CC(O)(Cc1cc(Cl)nc2c1CCCC2)C(F)(F)F. The molecule has 0 saturated heterocycles. The highest BCUT2D eigenvalue weighted by molar-refractivity contribution is 6.29. The summed E-state index contributed by atoms with van der Waals surface area (Å²) in [5, 5.41) is 11.2. The first kappa shape index (κ1) is 24.7. The van der Waals surface area contributed by atoms with Gasteiger partial charge in [0.15, 0.2) is 5.60 Å². The van der Waals surface area contributed by atoms with Crippen molar-refractivity contribution in [2.24, 2.45) is 11.3 Å². The average molecular weight is 466 g/mol. The molecule has 8 heteroatoms. The Labute approximate surface area is 186 Å². The van der Waals surface area contributed by atoms with Crippen molar-refractivity contribution in [1.82, 2.24) is 4.98 Å². The summed E-state index contributed by atoms with van der Waals surface area (Å²) >= 11 is 6.10. The predicted molar refractivity (Wildman–Crippen MR) is 112 cm³/mol. The molecule has 0 radical (unpaired) electrons. The molecule has 4 unspecified atom stereocenters. The smallest absolute Gasteiger partial charge is 0.381 e. The van der Waals surface area contributed by atoms with E-state index in [4.69, 9.17) is 16.3 Å². The number of methoxy groups -OCH3 is 1. The van der Waals surface area contributed by atoms with Crippen LogP contribution in [0.25, 0.3) is 0 Å². The fraction of sp³-hybridized carbons (Fsp3) is 0.783. The quantitative estimate of drug-likeness (QED) is 0.412. The van der Waals surface area contributed by atoms with Gasteiger partial charge in [0.1, 0.15) is 11.3 Å². The molecule has 1 aromatic heterocycles. The Morgan fingerprint density at radius 3 is 2.52 bits per heavy atom. The maximum atomic E-state index is 14.3. The third-order valence-corrected chi connectivity index (χ3v) is 7.34. The maximum Gasteiger partial charge on any atom is 0.417 e. The van der Waals surface area contributed by atoms with Crippen LogP contribution in [0.4, 0.5) is 17.6 Å². The largest absolute Gasteiger partial charge is 0.417 e. The number of aromatic nitrogens is 1. The number of aryl methyl sites for hydroxylation is 1. The summed E-state index contributed by atoms with van der Waals surface area (Å²) in [7, 11) is 1.51. The molecule has 0 aliphatic heterocycles. The topological polar surface area (TPSA) is 42.4 Å². The number of fused-ring (bicyclic) bond motifs is 1. The van der Waals surface area contributed by atoms with Gasteiger partial charge in [-0.2, -0.15) is 13.2 Å². The van der Waals surface area contributed by atoms with E-state index in [9.17, 15) is 22.7 Å². The van der Waals surface area contributed by atoms with E-state index in [2.05, 4.69) is 4.98 Å². The Hall–Kier alpha value is -0.920. The Kier molecular flexibility index (Phi) is 7.29. The Bertz CT molecular complexity index is 786. The van der Waals surface area contributed by atoms with Crippen LogP contribution >= 0.6 is 11.6 Å². The first-order valence-corrected chi connectivity index (χ1v) is 11.4. The summed E-state index contributed by atoms with van der Waals surface area (Å²) in [4.78, 5) is 4.29. The number of pyridine rings is 1. The molecule has 0 spiro atoms. The number of hydrogen-bond acceptors (Lipinski definition) is 3. The van der Waals surface area contributed by atoms with Crippen LogP contribution in [0.2, 0.25) is 5.15 Å². The molecule has 1 saturated carbocycles. The molecule has 0 bridgehead atoms. The summed E-state index contributed by atoms with van der Waals surface area (Å²) in [6, 6.07) is 1.45. The van der Waals surface area contributed by atoms with Gasteiger partial charge in [-0.15, -0.1) is 0 Å². The lowest BCUT2D eigenvalue weighted by Crippen LogP contribution is -2.53. The van der Waals surface area contributed by atoms with Gasteiger partial charge in [-0.3, -0.25) is 0 Å². The highest BCUT2D eigenvalue weighted by Gasteiger charge is 2.57. The number of rotatable bonds is 6. The van der Waals surface area contributed by atoms with E-state index in [1.807, 2.05) is 0 Å². The van der Waals surface area contributed by atoms with E-state index >= 15 is 0 Å². The van der Waals surface area contributed by atoms with E-state index in [-0.39, 0.29) is 17.7 Å². The minimum atomic E-state index is -4.85. The fourth-order valence-electron chi connectivity index (χ4n) is 5.57. The second-order valence-electron chi connectivity index (χ2n) is 9.90. The summed E-state index contributed by atoms with van der Waals surface area (Å²) < 4.78 is 62.5. The van der Waals surface area contributed by atoms with Crippen molar-refractivity contribution in [3.05, 3.63) is 28.0 Å². The second-order valence-corrected chi connectivity index (χ2v) is 10.3. The molecule has 0 aromatic carbocycles. The van der Waals surface area contributed by atoms with Crippen LogP contribution in [0, 0.1) is 11.3 Å². The highest BCUT2D eigenvalue weighted by atomic mass is 35.5. The zero-order chi connectivity index (χ0) is 23.0. The number of nitrogens with zero attached hydrogens (tertiary/aromatic N) is 1. The van der Waals surface area contributed by atoms with Crippen LogP contribution in [-0.4, -0.2) is 41.3 Å². The molecule has 31 heavy (non-hydrogen) atoms. The van der Waals surface area contributed by atoms with Crippen molar-refractivity contribution in [2.45, 2.75) is 95.7 Å². The summed E-state index contributed by atoms with van der Waals surface area (Å²) in [5.74, 6) is -0.426. The Morgan fingerprint density at radius 1 is 1.19 bits per heavy atom. The van der Waals surface area contributed by atoms with Gasteiger partial charge in [-0.05, 0) is 79.9 Å². The third-order valence-electron chi connectivity index (χ3n) is 7.15. The number of ether oxygens (including phenoxy) is 1. The summed E-state index contributed by atoms with van der Waals surface area (Å²) in [6.07, 6.45) is -3.36. The van der Waals surface area contributed by atoms with E-state index in [0.717, 1.165) is 24.1 Å². The van der Waals surface area contributed by atoms with Crippen LogP contribution in [-0.2, 0) is 24.0 Å². The number of hydrogen-bond donors (Lipinski definition) is 1. The highest BCUT2D eigenvalue weighted by Crippen LogP contribution is 2.49. The van der Waals surface area contributed by atoms with Crippen molar-refractivity contribution < 1.29 is 27.4 Å². The molecule has 1 heterocycles. The van der Waals surface area contributed by atoms with Crippen LogP contribution in [0.3, 0.4) is 0 Å². The van der Waals surface area contributed by atoms with Crippen molar-refractivity contribution in [1.29, 1.82) is 0 Å². The molecule has 0 amide bonds. The number of alkyl halides is 4. The normalized spacial score (nSPS) is 26.9. The van der Waals surface area contributed by atoms with E-state index in [1.165, 1.54) is 13.2 Å². The van der Waals surface area contributed by atoms with Crippen molar-refractivity contribution >= 4 is 11.6 Å². The zero-order valence-corrected chi connectivity index (χ0v) is 19.1. The Balaban J connectivity index is 1.94. The molecule has 2 aliphatic carbocycles. The molecule has 1 aromatic rings. The molecule has 1 N–H and O–H groups in total. The first-order chi connectivity index (χ1) is 14.4. The van der Waals surface area contributed by atoms with E-state index in [1.54, 1.807) is 13.8 Å². The monoisotopic (exact) mass is 465 g/mol. The molecule has 4 atom stereocenters. The van der Waals surface area contributed by atoms with Crippen LogP contribution in [0.15, 0.2) is 6.07 Å². The third kappa shape index (κ3) is 5.36. The molecule has 1 fully saturated rings. The molecule has 176 valence electrons. The lowest BCUT2D eigenvalue weighted by atomic mass is 9.63. The molecule has 2 aliphatic rings. The number of halogens is 5. The van der Waals surface area contributed by atoms with E-state index in [0.29, 0.717) is 31.2 Å². The maximum absolute atomic E-state index is 14.3. The predicted octanol–water partition coefficient (Wildman–Crippen LogP) is 6.02. The molecule has 3 nitrogen and oxygen atoms in total. The van der Waals surface area contributed by atoms with Gasteiger partial charge in [0, 0.05) is 19.2 Å². The molecular weight excluding hydrogens is 434 g/mol. The van der Waals surface area contributed by atoms with E-state index < -0.39 is 42.1 Å². The summed E-state index contributed by atoms with van der Waals surface area (Å²) in [6.45, 7) is 3.35. The Morgan fingerprint density at radius 2 is 1.87 bits per heavy atom. The average Bonchev–Trinajstić information content (AvgIpc) is 2.66. The van der Waals surface area contributed by atoms with Gasteiger partial charge in [0.25, 0.3) is 0 Å².